The Balaban J connectivity index is 1.36. The molecule has 158 valence electrons. The third kappa shape index (κ3) is 4.54. The molecule has 0 spiro atoms. The van der Waals surface area contributed by atoms with Gasteiger partial charge in [-0.1, -0.05) is 0 Å². The van der Waals surface area contributed by atoms with Crippen LogP contribution in [0.3, 0.4) is 0 Å². The minimum Gasteiger partial charge on any atom is -0.372 e. The highest BCUT2D eigenvalue weighted by Gasteiger charge is 2.24. The SMILES string of the molecule is Cc1ccn2cc(CNC(=O)Nc3ccc(N4C[C@@H](C)O[C@H](C)C4)c(F)c3)nc2c1. The van der Waals surface area contributed by atoms with E-state index < -0.39 is 6.03 Å². The van der Waals surface area contributed by atoms with Crippen LogP contribution in [0.1, 0.15) is 25.1 Å². The molecule has 0 saturated carbocycles. The van der Waals surface area contributed by atoms with Crippen LogP contribution in [0.25, 0.3) is 5.65 Å². The van der Waals surface area contributed by atoms with Crippen LogP contribution in [0.15, 0.2) is 42.7 Å². The number of benzene rings is 1. The lowest BCUT2D eigenvalue weighted by molar-refractivity contribution is -0.00539. The first-order chi connectivity index (χ1) is 14.4. The number of pyridine rings is 1. The van der Waals surface area contributed by atoms with Crippen LogP contribution in [0.4, 0.5) is 20.6 Å². The van der Waals surface area contributed by atoms with Crippen molar-refractivity contribution in [3.05, 3.63) is 59.8 Å². The third-order valence-corrected chi connectivity index (χ3v) is 5.06. The number of nitrogens with zero attached hydrogens (tertiary/aromatic N) is 3. The van der Waals surface area contributed by atoms with Crippen molar-refractivity contribution in [1.29, 1.82) is 0 Å². The number of fused-ring (bicyclic) bond motifs is 1. The standard InChI is InChI=1S/C22H26FN5O2/c1-14-6-7-27-13-18(25-21(27)8-14)10-24-22(29)26-17-4-5-20(19(23)9-17)28-11-15(2)30-16(3)12-28/h4-9,13,15-16H,10-12H2,1-3H3,(H2,24,26,29)/t15-,16-/m1/s1. The second-order valence-corrected chi connectivity index (χ2v) is 7.84. The highest BCUT2D eigenvalue weighted by molar-refractivity contribution is 5.89. The van der Waals surface area contributed by atoms with E-state index in [0.29, 0.717) is 24.5 Å². The second kappa shape index (κ2) is 8.31. The van der Waals surface area contributed by atoms with Gasteiger partial charge in [0.05, 0.1) is 30.1 Å². The van der Waals surface area contributed by atoms with Crippen molar-refractivity contribution in [2.75, 3.05) is 23.3 Å². The van der Waals surface area contributed by atoms with Crippen molar-refractivity contribution in [2.45, 2.75) is 39.5 Å². The number of morpholine rings is 1. The van der Waals surface area contributed by atoms with Crippen LogP contribution in [-0.4, -0.2) is 40.7 Å². The fourth-order valence-corrected chi connectivity index (χ4v) is 3.78. The number of rotatable bonds is 4. The summed E-state index contributed by atoms with van der Waals surface area (Å²) in [5, 5.41) is 5.43. The van der Waals surface area contributed by atoms with Gasteiger partial charge in [-0.15, -0.1) is 0 Å². The number of imidazole rings is 1. The van der Waals surface area contributed by atoms with Gasteiger partial charge in [0.25, 0.3) is 0 Å². The van der Waals surface area contributed by atoms with Gasteiger partial charge in [-0.25, -0.2) is 14.2 Å². The molecule has 7 nitrogen and oxygen atoms in total. The Kier molecular flexibility index (Phi) is 5.59. The van der Waals surface area contributed by atoms with Gasteiger partial charge < -0.3 is 24.7 Å². The number of aromatic nitrogens is 2. The molecular formula is C22H26FN5O2. The van der Waals surface area contributed by atoms with Crippen molar-refractivity contribution >= 4 is 23.1 Å². The molecule has 3 heterocycles. The van der Waals surface area contributed by atoms with Gasteiger partial charge in [0.1, 0.15) is 11.5 Å². The topological polar surface area (TPSA) is 70.9 Å². The van der Waals surface area contributed by atoms with E-state index in [-0.39, 0.29) is 24.6 Å². The van der Waals surface area contributed by atoms with Gasteiger partial charge in [-0.05, 0) is 56.7 Å². The van der Waals surface area contributed by atoms with Crippen LogP contribution in [-0.2, 0) is 11.3 Å². The zero-order valence-corrected chi connectivity index (χ0v) is 17.4. The molecule has 0 bridgehead atoms. The summed E-state index contributed by atoms with van der Waals surface area (Å²) in [6, 6.07) is 8.30. The first-order valence-corrected chi connectivity index (χ1v) is 10.1. The molecule has 1 aliphatic heterocycles. The van der Waals surface area contributed by atoms with Crippen LogP contribution in [0.5, 0.6) is 0 Å². The maximum atomic E-state index is 14.7. The smallest absolute Gasteiger partial charge is 0.319 e. The average Bonchev–Trinajstić information content (AvgIpc) is 3.07. The van der Waals surface area contributed by atoms with Crippen LogP contribution in [0, 0.1) is 12.7 Å². The predicted molar refractivity (Wildman–Crippen MR) is 114 cm³/mol. The Bertz CT molecular complexity index is 1060. The number of urea groups is 1. The van der Waals surface area contributed by atoms with E-state index in [0.717, 1.165) is 16.9 Å². The van der Waals surface area contributed by atoms with E-state index in [4.69, 9.17) is 4.74 Å². The minimum atomic E-state index is -0.413. The Morgan fingerprint density at radius 1 is 1.23 bits per heavy atom. The molecule has 1 aromatic carbocycles. The van der Waals surface area contributed by atoms with Gasteiger partial charge in [0, 0.05) is 31.2 Å². The number of amides is 2. The van der Waals surface area contributed by atoms with Crippen molar-refractivity contribution in [3.8, 4) is 0 Å². The molecule has 2 atom stereocenters. The fourth-order valence-electron chi connectivity index (χ4n) is 3.78. The van der Waals surface area contributed by atoms with E-state index in [1.807, 2.05) is 54.6 Å². The molecule has 0 radical (unpaired) electrons. The van der Waals surface area contributed by atoms with E-state index in [2.05, 4.69) is 15.6 Å². The number of hydrogen-bond donors (Lipinski definition) is 2. The van der Waals surface area contributed by atoms with Crippen LogP contribution < -0.4 is 15.5 Å². The van der Waals surface area contributed by atoms with Crippen molar-refractivity contribution in [1.82, 2.24) is 14.7 Å². The molecule has 4 rings (SSSR count). The molecule has 30 heavy (non-hydrogen) atoms. The van der Waals surface area contributed by atoms with Gasteiger partial charge in [-0.2, -0.15) is 0 Å². The maximum absolute atomic E-state index is 14.7. The lowest BCUT2D eigenvalue weighted by atomic mass is 10.2. The monoisotopic (exact) mass is 411 g/mol. The Hall–Kier alpha value is -3.13. The van der Waals surface area contributed by atoms with E-state index in [1.165, 1.54) is 6.07 Å². The molecule has 2 N–H and O–H groups in total. The first-order valence-electron chi connectivity index (χ1n) is 10.1. The Labute approximate surface area is 174 Å². The number of ether oxygens (including phenoxy) is 1. The second-order valence-electron chi connectivity index (χ2n) is 7.84. The Morgan fingerprint density at radius 3 is 2.73 bits per heavy atom. The van der Waals surface area contributed by atoms with Crippen molar-refractivity contribution in [3.63, 3.8) is 0 Å². The minimum absolute atomic E-state index is 0.0419. The summed E-state index contributed by atoms with van der Waals surface area (Å²) in [4.78, 5) is 18.7. The van der Waals surface area contributed by atoms with Gasteiger partial charge in [0.2, 0.25) is 0 Å². The van der Waals surface area contributed by atoms with E-state index in [1.54, 1.807) is 12.1 Å². The largest absolute Gasteiger partial charge is 0.372 e. The zero-order chi connectivity index (χ0) is 21.3. The number of anilines is 2. The molecule has 2 aromatic heterocycles. The fraction of sp³-hybridized carbons (Fsp3) is 0.364. The first kappa shape index (κ1) is 20.2. The van der Waals surface area contributed by atoms with E-state index in [9.17, 15) is 9.18 Å². The molecular weight excluding hydrogens is 385 g/mol. The molecule has 0 unspecified atom stereocenters. The lowest BCUT2D eigenvalue weighted by Gasteiger charge is -2.37. The van der Waals surface area contributed by atoms with E-state index >= 15 is 0 Å². The normalized spacial score (nSPS) is 19.1. The molecule has 3 aromatic rings. The highest BCUT2D eigenvalue weighted by atomic mass is 19.1. The quantitative estimate of drug-likeness (QED) is 0.687. The number of halogens is 1. The summed E-state index contributed by atoms with van der Waals surface area (Å²) >= 11 is 0. The zero-order valence-electron chi connectivity index (χ0n) is 17.4. The summed E-state index contributed by atoms with van der Waals surface area (Å²) < 4.78 is 22.3. The number of hydrogen-bond acceptors (Lipinski definition) is 4. The maximum Gasteiger partial charge on any atom is 0.319 e. The van der Waals surface area contributed by atoms with Crippen molar-refractivity contribution < 1.29 is 13.9 Å². The lowest BCUT2D eigenvalue weighted by Crippen LogP contribution is -2.45. The predicted octanol–water partition coefficient (Wildman–Crippen LogP) is 3.72. The number of aryl methyl sites for hydroxylation is 1. The summed E-state index contributed by atoms with van der Waals surface area (Å²) in [6.45, 7) is 7.50. The number of nitrogens with one attached hydrogen (secondary N) is 2. The average molecular weight is 411 g/mol. The van der Waals surface area contributed by atoms with Gasteiger partial charge in [0.15, 0.2) is 0 Å². The molecule has 2 amide bonds. The number of carbonyl (C=O) groups excluding carboxylic acids is 1. The molecule has 8 heteroatoms. The highest BCUT2D eigenvalue weighted by Crippen LogP contribution is 2.26. The third-order valence-electron chi connectivity index (χ3n) is 5.06. The van der Waals surface area contributed by atoms with Crippen molar-refractivity contribution in [2.24, 2.45) is 0 Å². The molecule has 0 aliphatic carbocycles. The summed E-state index contributed by atoms with van der Waals surface area (Å²) in [5.41, 5.74) is 3.61. The van der Waals surface area contributed by atoms with Gasteiger partial charge in [-0.3, -0.25) is 0 Å². The van der Waals surface area contributed by atoms with Gasteiger partial charge >= 0.3 is 6.03 Å². The molecule has 1 saturated heterocycles. The summed E-state index contributed by atoms with van der Waals surface area (Å²) in [6.07, 6.45) is 3.88. The van der Waals surface area contributed by atoms with Crippen LogP contribution >= 0.6 is 0 Å². The summed E-state index contributed by atoms with van der Waals surface area (Å²) in [7, 11) is 0. The van der Waals surface area contributed by atoms with Crippen LogP contribution in [0.2, 0.25) is 0 Å². The molecule has 1 aliphatic rings. The molecule has 1 fully saturated rings. The summed E-state index contributed by atoms with van der Waals surface area (Å²) in [5.74, 6) is -0.371. The number of carbonyl (C=O) groups is 1. The Morgan fingerprint density at radius 2 is 2.00 bits per heavy atom.